The van der Waals surface area contributed by atoms with E-state index >= 15 is 0 Å². The van der Waals surface area contributed by atoms with Crippen LogP contribution in [0.3, 0.4) is 0 Å². The monoisotopic (exact) mass is 232 g/mol. The van der Waals surface area contributed by atoms with E-state index in [4.69, 9.17) is 5.11 Å². The fourth-order valence-electron chi connectivity index (χ4n) is 1.68. The molecular formula is C12H12N2O3. The van der Waals surface area contributed by atoms with Crippen LogP contribution in [0.4, 0.5) is 0 Å². The maximum atomic E-state index is 11.9. The highest BCUT2D eigenvalue weighted by Crippen LogP contribution is 2.09. The number of carboxylic acid groups (broad SMARTS) is 1. The Balaban J connectivity index is 2.65. The van der Waals surface area contributed by atoms with Gasteiger partial charge < -0.3 is 5.11 Å². The Morgan fingerprint density at radius 2 is 2.06 bits per heavy atom. The Labute approximate surface area is 97.3 Å². The van der Waals surface area contributed by atoms with Gasteiger partial charge in [-0.05, 0) is 31.5 Å². The van der Waals surface area contributed by atoms with E-state index in [-0.39, 0.29) is 16.8 Å². The van der Waals surface area contributed by atoms with E-state index in [1.54, 1.807) is 6.07 Å². The van der Waals surface area contributed by atoms with E-state index in [9.17, 15) is 9.59 Å². The van der Waals surface area contributed by atoms with Crippen LogP contribution < -0.4 is 5.56 Å². The van der Waals surface area contributed by atoms with Gasteiger partial charge in [0, 0.05) is 5.56 Å². The summed E-state index contributed by atoms with van der Waals surface area (Å²) in [6, 6.07) is 7.27. The number of H-pyrrole nitrogens is 1. The summed E-state index contributed by atoms with van der Waals surface area (Å²) in [4.78, 5) is 22.8. The summed E-state index contributed by atoms with van der Waals surface area (Å²) in [6.45, 7) is 3.40. The first kappa shape index (κ1) is 11.2. The Morgan fingerprint density at radius 1 is 1.35 bits per heavy atom. The summed E-state index contributed by atoms with van der Waals surface area (Å²) in [7, 11) is 0. The second-order valence-corrected chi connectivity index (χ2v) is 3.90. The van der Waals surface area contributed by atoms with Crippen LogP contribution >= 0.6 is 0 Å². The largest absolute Gasteiger partial charge is 0.477 e. The molecule has 0 fully saturated rings. The van der Waals surface area contributed by atoms with Crippen LogP contribution in [0.2, 0.25) is 0 Å². The van der Waals surface area contributed by atoms with Gasteiger partial charge in [-0.3, -0.25) is 9.89 Å². The van der Waals surface area contributed by atoms with Crippen molar-refractivity contribution in [2.45, 2.75) is 13.8 Å². The van der Waals surface area contributed by atoms with E-state index in [0.29, 0.717) is 5.69 Å². The second-order valence-electron chi connectivity index (χ2n) is 3.90. The van der Waals surface area contributed by atoms with Gasteiger partial charge in [-0.25, -0.2) is 9.48 Å². The molecule has 88 valence electrons. The summed E-state index contributed by atoms with van der Waals surface area (Å²) < 4.78 is 1.24. The van der Waals surface area contributed by atoms with Gasteiger partial charge in [0.1, 0.15) is 5.69 Å². The average molecular weight is 232 g/mol. The molecule has 0 aliphatic heterocycles. The number of aromatic nitrogens is 2. The number of hydrogen-bond acceptors (Lipinski definition) is 2. The van der Waals surface area contributed by atoms with Gasteiger partial charge in [-0.1, -0.05) is 12.1 Å². The van der Waals surface area contributed by atoms with Crippen molar-refractivity contribution in [3.05, 3.63) is 51.4 Å². The maximum Gasteiger partial charge on any atom is 0.354 e. The number of benzene rings is 1. The number of aromatic amines is 1. The van der Waals surface area contributed by atoms with Crippen LogP contribution in [0, 0.1) is 13.8 Å². The minimum Gasteiger partial charge on any atom is -0.477 e. The molecule has 0 radical (unpaired) electrons. The first-order chi connectivity index (χ1) is 8.00. The average Bonchev–Trinajstić information content (AvgIpc) is 2.56. The van der Waals surface area contributed by atoms with E-state index < -0.39 is 5.97 Å². The molecule has 0 bridgehead atoms. The predicted octanol–water partition coefficient (Wildman–Crippen LogP) is 1.48. The molecule has 2 aromatic rings. The third kappa shape index (κ3) is 1.87. The summed E-state index contributed by atoms with van der Waals surface area (Å²) in [5, 5.41) is 11.5. The normalized spacial score (nSPS) is 10.5. The molecule has 2 N–H and O–H groups in total. The highest BCUT2D eigenvalue weighted by Gasteiger charge is 2.16. The summed E-state index contributed by atoms with van der Waals surface area (Å²) >= 11 is 0. The molecule has 0 unspecified atom stereocenters. The quantitative estimate of drug-likeness (QED) is 0.823. The van der Waals surface area contributed by atoms with Crippen LogP contribution in [0.1, 0.15) is 21.6 Å². The Hall–Kier alpha value is -2.30. The molecule has 1 aromatic carbocycles. The van der Waals surface area contributed by atoms with Gasteiger partial charge in [0.05, 0.1) is 5.69 Å². The van der Waals surface area contributed by atoms with Gasteiger partial charge in [0.2, 0.25) is 0 Å². The van der Waals surface area contributed by atoms with E-state index in [0.717, 1.165) is 5.56 Å². The first-order valence-electron chi connectivity index (χ1n) is 5.12. The zero-order valence-corrected chi connectivity index (χ0v) is 9.52. The number of hydrogen-bond donors (Lipinski definition) is 2. The number of nitrogens with zero attached hydrogens (tertiary/aromatic N) is 1. The topological polar surface area (TPSA) is 75.1 Å². The van der Waals surface area contributed by atoms with Crippen molar-refractivity contribution < 1.29 is 9.90 Å². The lowest BCUT2D eigenvalue weighted by molar-refractivity contribution is 0.0689. The maximum absolute atomic E-state index is 11.9. The molecule has 17 heavy (non-hydrogen) atoms. The van der Waals surface area contributed by atoms with Crippen LogP contribution in [-0.2, 0) is 0 Å². The first-order valence-corrected chi connectivity index (χ1v) is 5.12. The smallest absolute Gasteiger partial charge is 0.354 e. The molecule has 0 amide bonds. The van der Waals surface area contributed by atoms with Crippen molar-refractivity contribution >= 4 is 5.97 Å². The standard InChI is InChI=1S/C12H12N2O3/c1-7-4-3-5-9(6-7)14-11(15)8(2)10(13-14)12(16)17/h3-6,13H,1-2H3,(H,16,17). The van der Waals surface area contributed by atoms with Crippen LogP contribution in [-0.4, -0.2) is 20.9 Å². The van der Waals surface area contributed by atoms with Gasteiger partial charge in [0.15, 0.2) is 0 Å². The number of carbonyl (C=O) groups is 1. The SMILES string of the molecule is Cc1cccc(-n2[nH]c(C(=O)O)c(C)c2=O)c1. The molecule has 5 nitrogen and oxygen atoms in total. The molecule has 5 heteroatoms. The molecule has 2 rings (SSSR count). The van der Waals surface area contributed by atoms with Crippen molar-refractivity contribution in [3.8, 4) is 5.69 Å². The Kier molecular flexibility index (Phi) is 2.59. The van der Waals surface area contributed by atoms with Crippen LogP contribution in [0.25, 0.3) is 5.69 Å². The highest BCUT2D eigenvalue weighted by atomic mass is 16.4. The summed E-state index contributed by atoms with van der Waals surface area (Å²) in [6.07, 6.45) is 0. The fourth-order valence-corrected chi connectivity index (χ4v) is 1.68. The van der Waals surface area contributed by atoms with Crippen molar-refractivity contribution in [1.82, 2.24) is 9.78 Å². The van der Waals surface area contributed by atoms with Crippen molar-refractivity contribution in [3.63, 3.8) is 0 Å². The predicted molar refractivity (Wildman–Crippen MR) is 62.8 cm³/mol. The van der Waals surface area contributed by atoms with E-state index in [1.165, 1.54) is 11.6 Å². The van der Waals surface area contributed by atoms with Crippen LogP contribution in [0.15, 0.2) is 29.1 Å². The second kappa shape index (κ2) is 3.93. The molecule has 0 saturated carbocycles. The zero-order chi connectivity index (χ0) is 12.6. The number of carboxylic acids is 1. The molecule has 0 saturated heterocycles. The van der Waals surface area contributed by atoms with Crippen molar-refractivity contribution in [1.29, 1.82) is 0 Å². The third-order valence-corrected chi connectivity index (χ3v) is 2.60. The zero-order valence-electron chi connectivity index (χ0n) is 9.52. The third-order valence-electron chi connectivity index (χ3n) is 2.60. The van der Waals surface area contributed by atoms with Gasteiger partial charge in [-0.15, -0.1) is 0 Å². The molecule has 0 aliphatic carbocycles. The minimum atomic E-state index is -1.13. The van der Waals surface area contributed by atoms with E-state index in [2.05, 4.69) is 5.10 Å². The molecule has 1 heterocycles. The molecule has 0 aliphatic rings. The molecule has 0 atom stereocenters. The van der Waals surface area contributed by atoms with E-state index in [1.807, 2.05) is 25.1 Å². The Bertz CT molecular complexity index is 637. The molecular weight excluding hydrogens is 220 g/mol. The lowest BCUT2D eigenvalue weighted by Gasteiger charge is -2.02. The molecule has 0 spiro atoms. The van der Waals surface area contributed by atoms with Gasteiger partial charge in [-0.2, -0.15) is 0 Å². The Morgan fingerprint density at radius 3 is 2.59 bits per heavy atom. The lowest BCUT2D eigenvalue weighted by Crippen LogP contribution is -2.15. The number of aryl methyl sites for hydroxylation is 1. The van der Waals surface area contributed by atoms with Crippen molar-refractivity contribution in [2.75, 3.05) is 0 Å². The summed E-state index contributed by atoms with van der Waals surface area (Å²) in [5.74, 6) is -1.13. The fraction of sp³-hybridized carbons (Fsp3) is 0.167. The van der Waals surface area contributed by atoms with Crippen molar-refractivity contribution in [2.24, 2.45) is 0 Å². The minimum absolute atomic E-state index is 0.0727. The molecule has 1 aromatic heterocycles. The number of nitrogens with one attached hydrogen (secondary N) is 1. The number of rotatable bonds is 2. The van der Waals surface area contributed by atoms with Gasteiger partial charge >= 0.3 is 5.97 Å². The highest BCUT2D eigenvalue weighted by molar-refractivity contribution is 5.86. The number of aromatic carboxylic acids is 1. The lowest BCUT2D eigenvalue weighted by atomic mass is 10.2. The van der Waals surface area contributed by atoms with Crippen LogP contribution in [0.5, 0.6) is 0 Å². The van der Waals surface area contributed by atoms with Gasteiger partial charge in [0.25, 0.3) is 5.56 Å². The summed E-state index contributed by atoms with van der Waals surface area (Å²) in [5.41, 5.74) is 1.42.